The molecule has 0 spiro atoms. The molecule has 116 valence electrons. The Hall–Kier alpha value is -2.88. The number of pyridine rings is 1. The Labute approximate surface area is 134 Å². The maximum absolute atomic E-state index is 12.6. The molecule has 4 nitrogen and oxygen atoms in total. The summed E-state index contributed by atoms with van der Waals surface area (Å²) in [5.41, 5.74) is 3.79. The third-order valence-electron chi connectivity index (χ3n) is 3.91. The van der Waals surface area contributed by atoms with Gasteiger partial charge in [-0.1, -0.05) is 18.2 Å². The van der Waals surface area contributed by atoms with Crippen LogP contribution in [-0.4, -0.2) is 17.5 Å². The number of nitrogens with one attached hydrogen (secondary N) is 1. The molecule has 1 aromatic heterocycles. The van der Waals surface area contributed by atoms with Crippen molar-refractivity contribution in [2.45, 2.75) is 13.8 Å². The molecule has 1 amide bonds. The highest BCUT2D eigenvalue weighted by Gasteiger charge is 2.15. The van der Waals surface area contributed by atoms with Gasteiger partial charge in [0.15, 0.2) is 0 Å². The van der Waals surface area contributed by atoms with Gasteiger partial charge in [-0.15, -0.1) is 0 Å². The van der Waals surface area contributed by atoms with Crippen LogP contribution in [0.2, 0.25) is 0 Å². The molecule has 1 heterocycles. The first-order chi connectivity index (χ1) is 11.0. The van der Waals surface area contributed by atoms with E-state index in [4.69, 9.17) is 0 Å². The van der Waals surface area contributed by atoms with E-state index in [1.165, 1.54) is 7.05 Å². The monoisotopic (exact) mass is 306 g/mol. The first-order valence-corrected chi connectivity index (χ1v) is 7.46. The summed E-state index contributed by atoms with van der Waals surface area (Å²) in [4.78, 5) is 24.7. The van der Waals surface area contributed by atoms with Gasteiger partial charge in [-0.25, -0.2) is 0 Å². The van der Waals surface area contributed by atoms with Crippen molar-refractivity contribution in [3.8, 4) is 5.69 Å². The normalized spacial score (nSPS) is 10.7. The maximum Gasteiger partial charge on any atom is 0.256 e. The lowest BCUT2D eigenvalue weighted by Gasteiger charge is -2.14. The zero-order chi connectivity index (χ0) is 16.6. The Balaban J connectivity index is 2.43. The Bertz CT molecular complexity index is 971. The van der Waals surface area contributed by atoms with Crippen molar-refractivity contribution < 1.29 is 4.79 Å². The molecule has 2 aromatic carbocycles. The average Bonchev–Trinajstić information content (AvgIpc) is 2.54. The predicted molar refractivity (Wildman–Crippen MR) is 92.4 cm³/mol. The molecule has 0 aliphatic carbocycles. The molecule has 0 radical (unpaired) electrons. The Kier molecular flexibility index (Phi) is 3.74. The third kappa shape index (κ3) is 2.63. The lowest BCUT2D eigenvalue weighted by atomic mass is 10.1. The molecule has 0 aliphatic rings. The minimum Gasteiger partial charge on any atom is -0.355 e. The van der Waals surface area contributed by atoms with Crippen LogP contribution in [0.4, 0.5) is 0 Å². The van der Waals surface area contributed by atoms with Crippen LogP contribution in [0, 0.1) is 13.8 Å². The van der Waals surface area contributed by atoms with Crippen LogP contribution < -0.4 is 10.7 Å². The third-order valence-corrected chi connectivity index (χ3v) is 3.91. The van der Waals surface area contributed by atoms with Crippen molar-refractivity contribution in [2.75, 3.05) is 7.05 Å². The number of hydrogen-bond donors (Lipinski definition) is 1. The van der Waals surface area contributed by atoms with Crippen molar-refractivity contribution in [3.05, 3.63) is 75.6 Å². The molecule has 0 aliphatic heterocycles. The second-order valence-electron chi connectivity index (χ2n) is 5.68. The molecule has 23 heavy (non-hydrogen) atoms. The number of amides is 1. The van der Waals surface area contributed by atoms with E-state index < -0.39 is 0 Å². The number of rotatable bonds is 2. The molecule has 0 bridgehead atoms. The zero-order valence-electron chi connectivity index (χ0n) is 13.4. The minimum absolute atomic E-state index is 0.144. The number of fused-ring (bicyclic) bond motifs is 1. The van der Waals surface area contributed by atoms with Crippen LogP contribution in [-0.2, 0) is 0 Å². The fourth-order valence-electron chi connectivity index (χ4n) is 2.72. The largest absolute Gasteiger partial charge is 0.355 e. The summed E-state index contributed by atoms with van der Waals surface area (Å²) in [6, 6.07) is 13.6. The predicted octanol–water partition coefficient (Wildman–Crippen LogP) is 2.97. The number of carbonyl (C=O) groups is 1. The van der Waals surface area contributed by atoms with E-state index in [1.54, 1.807) is 12.3 Å². The molecule has 3 rings (SSSR count). The second kappa shape index (κ2) is 5.72. The quantitative estimate of drug-likeness (QED) is 0.791. The van der Waals surface area contributed by atoms with E-state index in [0.717, 1.165) is 22.3 Å². The molecule has 0 fully saturated rings. The zero-order valence-corrected chi connectivity index (χ0v) is 13.4. The number of benzene rings is 2. The smallest absolute Gasteiger partial charge is 0.256 e. The minimum atomic E-state index is -0.376. The van der Waals surface area contributed by atoms with Gasteiger partial charge in [0.1, 0.15) is 5.56 Å². The van der Waals surface area contributed by atoms with Gasteiger partial charge in [0.25, 0.3) is 5.91 Å². The van der Waals surface area contributed by atoms with Crippen molar-refractivity contribution in [1.29, 1.82) is 0 Å². The molecule has 4 heteroatoms. The molecular formula is C19H18N2O2. The van der Waals surface area contributed by atoms with E-state index in [1.807, 2.05) is 54.8 Å². The van der Waals surface area contributed by atoms with E-state index in [2.05, 4.69) is 5.32 Å². The summed E-state index contributed by atoms with van der Waals surface area (Å²) in [5, 5.41) is 3.08. The van der Waals surface area contributed by atoms with Gasteiger partial charge in [0, 0.05) is 24.3 Å². The lowest BCUT2D eigenvalue weighted by molar-refractivity contribution is 0.0961. The lowest BCUT2D eigenvalue weighted by Crippen LogP contribution is -2.27. The van der Waals surface area contributed by atoms with E-state index in [9.17, 15) is 9.59 Å². The summed E-state index contributed by atoms with van der Waals surface area (Å²) in [6.45, 7) is 4.00. The van der Waals surface area contributed by atoms with Crippen LogP contribution in [0.3, 0.4) is 0 Å². The molecule has 0 atom stereocenters. The van der Waals surface area contributed by atoms with Crippen molar-refractivity contribution >= 4 is 16.8 Å². The standard InChI is InChI=1S/C19H18N2O2/c1-12-5-4-6-14(9-12)21-11-16(19(23)20-3)18(22)15-8-7-13(2)10-17(15)21/h4-11H,1-3H3,(H,20,23). The number of nitrogens with zero attached hydrogens (tertiary/aromatic N) is 1. The highest BCUT2D eigenvalue weighted by Crippen LogP contribution is 2.20. The second-order valence-corrected chi connectivity index (χ2v) is 5.68. The van der Waals surface area contributed by atoms with Crippen LogP contribution in [0.1, 0.15) is 21.5 Å². The first kappa shape index (κ1) is 15.0. The van der Waals surface area contributed by atoms with Crippen LogP contribution >= 0.6 is 0 Å². The van der Waals surface area contributed by atoms with Crippen molar-refractivity contribution in [1.82, 2.24) is 9.88 Å². The van der Waals surface area contributed by atoms with E-state index >= 15 is 0 Å². The number of aryl methyl sites for hydroxylation is 2. The topological polar surface area (TPSA) is 51.1 Å². The van der Waals surface area contributed by atoms with Gasteiger partial charge in [-0.3, -0.25) is 9.59 Å². The van der Waals surface area contributed by atoms with Crippen molar-refractivity contribution in [2.24, 2.45) is 0 Å². The van der Waals surface area contributed by atoms with Gasteiger partial charge >= 0.3 is 0 Å². The summed E-state index contributed by atoms with van der Waals surface area (Å²) in [6.07, 6.45) is 1.62. The number of carbonyl (C=O) groups excluding carboxylic acids is 1. The summed E-state index contributed by atoms with van der Waals surface area (Å²) in [7, 11) is 1.53. The molecule has 0 saturated carbocycles. The summed E-state index contributed by atoms with van der Waals surface area (Å²) < 4.78 is 1.90. The number of aromatic nitrogens is 1. The van der Waals surface area contributed by atoms with E-state index in [0.29, 0.717) is 5.39 Å². The molecule has 0 unspecified atom stereocenters. The van der Waals surface area contributed by atoms with Crippen molar-refractivity contribution in [3.63, 3.8) is 0 Å². The molecular weight excluding hydrogens is 288 g/mol. The Morgan fingerprint density at radius 2 is 1.78 bits per heavy atom. The SMILES string of the molecule is CNC(=O)c1cn(-c2cccc(C)c2)c2cc(C)ccc2c1=O. The fourth-order valence-corrected chi connectivity index (χ4v) is 2.72. The maximum atomic E-state index is 12.6. The van der Waals surface area contributed by atoms with E-state index in [-0.39, 0.29) is 16.9 Å². The highest BCUT2D eigenvalue weighted by atomic mass is 16.2. The number of hydrogen-bond acceptors (Lipinski definition) is 2. The van der Waals surface area contributed by atoms with Gasteiger partial charge in [-0.05, 0) is 49.2 Å². The molecule has 1 N–H and O–H groups in total. The average molecular weight is 306 g/mol. The Morgan fingerprint density at radius 3 is 2.48 bits per heavy atom. The fraction of sp³-hybridized carbons (Fsp3) is 0.158. The van der Waals surface area contributed by atoms with Crippen LogP contribution in [0.15, 0.2) is 53.5 Å². The summed E-state index contributed by atoms with van der Waals surface area (Å²) in [5.74, 6) is -0.376. The molecule has 3 aromatic rings. The van der Waals surface area contributed by atoms with Crippen LogP contribution in [0.5, 0.6) is 0 Å². The van der Waals surface area contributed by atoms with Gasteiger partial charge in [0.2, 0.25) is 5.43 Å². The summed E-state index contributed by atoms with van der Waals surface area (Å²) >= 11 is 0. The molecule has 0 saturated heterocycles. The highest BCUT2D eigenvalue weighted by molar-refractivity contribution is 5.97. The van der Waals surface area contributed by atoms with Gasteiger partial charge < -0.3 is 9.88 Å². The van der Waals surface area contributed by atoms with Crippen LogP contribution in [0.25, 0.3) is 16.6 Å². The van der Waals surface area contributed by atoms with Gasteiger partial charge in [-0.2, -0.15) is 0 Å². The first-order valence-electron chi connectivity index (χ1n) is 7.46. The van der Waals surface area contributed by atoms with Gasteiger partial charge in [0.05, 0.1) is 5.52 Å². The Morgan fingerprint density at radius 1 is 1.04 bits per heavy atom.